The quantitative estimate of drug-likeness (QED) is 0.717. The number of methoxy groups -OCH3 is 1. The number of hydrogen-bond donors (Lipinski definition) is 0. The number of ether oxygens (including phenoxy) is 1. The minimum atomic E-state index is 0.0598. The topological polar surface area (TPSA) is 42.4 Å². The van der Waals surface area contributed by atoms with E-state index in [0.717, 1.165) is 17.2 Å². The molecular formula is C10H16N2O2S. The van der Waals surface area contributed by atoms with Gasteiger partial charge in [0.1, 0.15) is 5.01 Å². The summed E-state index contributed by atoms with van der Waals surface area (Å²) in [5, 5.41) is 0.956. The first-order valence-electron chi connectivity index (χ1n) is 4.67. The Hall–Kier alpha value is -0.780. The Bertz CT molecular complexity index is 347. The molecule has 0 saturated carbocycles. The molecule has 0 aromatic carbocycles. The Balaban J connectivity index is 2.93. The van der Waals surface area contributed by atoms with Gasteiger partial charge in [-0.15, -0.1) is 11.3 Å². The molecule has 1 aromatic rings. The minimum Gasteiger partial charge on any atom is -0.378 e. The molecular weight excluding hydrogens is 212 g/mol. The van der Waals surface area contributed by atoms with Crippen LogP contribution >= 0.6 is 11.3 Å². The van der Waals surface area contributed by atoms with E-state index in [-0.39, 0.29) is 5.78 Å². The van der Waals surface area contributed by atoms with Crippen LogP contribution < -0.4 is 0 Å². The molecule has 84 valence electrons. The molecule has 0 aliphatic rings. The van der Waals surface area contributed by atoms with Crippen molar-refractivity contribution in [2.45, 2.75) is 20.1 Å². The van der Waals surface area contributed by atoms with Gasteiger partial charge in [-0.2, -0.15) is 0 Å². The number of aromatic nitrogens is 1. The van der Waals surface area contributed by atoms with E-state index < -0.39 is 0 Å². The van der Waals surface area contributed by atoms with Crippen LogP contribution in [0.3, 0.4) is 0 Å². The van der Waals surface area contributed by atoms with E-state index in [2.05, 4.69) is 4.98 Å². The first kappa shape index (κ1) is 12.3. The fraction of sp³-hybridized carbons (Fsp3) is 0.600. The van der Waals surface area contributed by atoms with E-state index in [1.807, 2.05) is 19.0 Å². The number of rotatable bonds is 5. The summed E-state index contributed by atoms with van der Waals surface area (Å²) in [6.45, 7) is 2.72. The zero-order valence-electron chi connectivity index (χ0n) is 9.53. The highest BCUT2D eigenvalue weighted by atomic mass is 32.1. The second kappa shape index (κ2) is 5.34. The Kier molecular flexibility index (Phi) is 4.38. The first-order valence-corrected chi connectivity index (χ1v) is 5.49. The predicted octanol–water partition coefficient (Wildman–Crippen LogP) is 1.55. The van der Waals surface area contributed by atoms with E-state index in [1.54, 1.807) is 14.0 Å². The molecule has 0 atom stereocenters. The predicted molar refractivity (Wildman–Crippen MR) is 60.2 cm³/mol. The fourth-order valence-corrected chi connectivity index (χ4v) is 2.33. The highest BCUT2D eigenvalue weighted by molar-refractivity contribution is 7.13. The van der Waals surface area contributed by atoms with Crippen LogP contribution in [0.5, 0.6) is 0 Å². The van der Waals surface area contributed by atoms with Gasteiger partial charge >= 0.3 is 0 Å². The number of thiazole rings is 1. The zero-order chi connectivity index (χ0) is 11.4. The van der Waals surface area contributed by atoms with Crippen molar-refractivity contribution >= 4 is 17.1 Å². The second-order valence-corrected chi connectivity index (χ2v) is 4.69. The van der Waals surface area contributed by atoms with Gasteiger partial charge in [-0.3, -0.25) is 4.79 Å². The van der Waals surface area contributed by atoms with Gasteiger partial charge in [0.25, 0.3) is 0 Å². The molecule has 0 amide bonds. The van der Waals surface area contributed by atoms with Crippen molar-refractivity contribution < 1.29 is 9.53 Å². The summed E-state index contributed by atoms with van der Waals surface area (Å²) >= 11 is 1.45. The number of hydrogen-bond acceptors (Lipinski definition) is 5. The Morgan fingerprint density at radius 2 is 2.20 bits per heavy atom. The van der Waals surface area contributed by atoms with Crippen molar-refractivity contribution in [1.82, 2.24) is 9.88 Å². The summed E-state index contributed by atoms with van der Waals surface area (Å²) in [6.07, 6.45) is 0. The molecule has 0 aliphatic heterocycles. The summed E-state index contributed by atoms with van der Waals surface area (Å²) in [6, 6.07) is 0. The summed E-state index contributed by atoms with van der Waals surface area (Å²) in [4.78, 5) is 18.5. The lowest BCUT2D eigenvalue weighted by Crippen LogP contribution is -2.10. The third-order valence-corrected chi connectivity index (χ3v) is 2.98. The summed E-state index contributed by atoms with van der Waals surface area (Å²) in [7, 11) is 5.56. The van der Waals surface area contributed by atoms with Gasteiger partial charge in [-0.1, -0.05) is 0 Å². The Morgan fingerprint density at radius 1 is 1.53 bits per heavy atom. The summed E-state index contributed by atoms with van der Waals surface area (Å²) in [5.41, 5.74) is 0.756. The molecule has 4 nitrogen and oxygen atoms in total. The van der Waals surface area contributed by atoms with Crippen molar-refractivity contribution in [2.24, 2.45) is 0 Å². The Labute approximate surface area is 93.9 Å². The van der Waals surface area contributed by atoms with Gasteiger partial charge < -0.3 is 9.64 Å². The van der Waals surface area contributed by atoms with Crippen LogP contribution in [0.1, 0.15) is 27.3 Å². The van der Waals surface area contributed by atoms with E-state index >= 15 is 0 Å². The standard InChI is InChI=1S/C10H16N2O2S/c1-7(13)10-8(6-14-4)11-9(15-10)5-12(2)3/h5-6H2,1-4H3. The van der Waals surface area contributed by atoms with E-state index in [1.165, 1.54) is 11.3 Å². The number of Topliss-reactive ketones (excluding diaryl/α,β-unsaturated/α-hetero) is 1. The lowest BCUT2D eigenvalue weighted by molar-refractivity contribution is 0.101. The van der Waals surface area contributed by atoms with Crippen molar-refractivity contribution in [1.29, 1.82) is 0 Å². The molecule has 1 aromatic heterocycles. The normalized spacial score (nSPS) is 11.0. The first-order chi connectivity index (χ1) is 7.04. The number of carbonyl (C=O) groups excluding carboxylic acids is 1. The lowest BCUT2D eigenvalue weighted by atomic mass is 10.3. The van der Waals surface area contributed by atoms with Gasteiger partial charge in [0.15, 0.2) is 5.78 Å². The number of nitrogens with zero attached hydrogens (tertiary/aromatic N) is 2. The van der Waals surface area contributed by atoms with Gasteiger partial charge in [-0.25, -0.2) is 4.98 Å². The van der Waals surface area contributed by atoms with Crippen LogP contribution in [0.2, 0.25) is 0 Å². The second-order valence-electron chi connectivity index (χ2n) is 3.61. The van der Waals surface area contributed by atoms with E-state index in [4.69, 9.17) is 4.74 Å². The van der Waals surface area contributed by atoms with Crippen molar-refractivity contribution in [3.63, 3.8) is 0 Å². The monoisotopic (exact) mass is 228 g/mol. The molecule has 0 bridgehead atoms. The van der Waals surface area contributed by atoms with Crippen LogP contribution in [0.4, 0.5) is 0 Å². The fourth-order valence-electron chi connectivity index (χ4n) is 1.25. The third kappa shape index (κ3) is 3.37. The van der Waals surface area contributed by atoms with Crippen molar-refractivity contribution in [3.8, 4) is 0 Å². The maximum atomic E-state index is 11.3. The molecule has 1 heterocycles. The molecule has 5 heteroatoms. The lowest BCUT2D eigenvalue weighted by Gasteiger charge is -2.04. The molecule has 0 saturated heterocycles. The van der Waals surface area contributed by atoms with Gasteiger partial charge in [0.2, 0.25) is 0 Å². The molecule has 0 fully saturated rings. The summed E-state index contributed by atoms with van der Waals surface area (Å²) in [5.74, 6) is 0.0598. The van der Waals surface area contributed by atoms with Crippen LogP contribution in [-0.4, -0.2) is 36.9 Å². The average molecular weight is 228 g/mol. The SMILES string of the molecule is COCc1nc(CN(C)C)sc1C(C)=O. The van der Waals surface area contributed by atoms with Crippen molar-refractivity contribution in [3.05, 3.63) is 15.6 Å². The molecule has 0 N–H and O–H groups in total. The molecule has 0 spiro atoms. The number of ketones is 1. The minimum absolute atomic E-state index is 0.0598. The van der Waals surface area contributed by atoms with Crippen LogP contribution in [0.15, 0.2) is 0 Å². The largest absolute Gasteiger partial charge is 0.378 e. The van der Waals surface area contributed by atoms with Crippen LogP contribution in [0.25, 0.3) is 0 Å². The summed E-state index contributed by atoms with van der Waals surface area (Å²) < 4.78 is 5.02. The van der Waals surface area contributed by atoms with Gasteiger partial charge in [0.05, 0.1) is 17.2 Å². The average Bonchev–Trinajstić information content (AvgIpc) is 2.47. The molecule has 0 unspecified atom stereocenters. The van der Waals surface area contributed by atoms with Crippen molar-refractivity contribution in [2.75, 3.05) is 21.2 Å². The molecule has 0 aliphatic carbocycles. The zero-order valence-corrected chi connectivity index (χ0v) is 10.3. The Morgan fingerprint density at radius 3 is 2.67 bits per heavy atom. The van der Waals surface area contributed by atoms with E-state index in [0.29, 0.717) is 11.5 Å². The molecule has 15 heavy (non-hydrogen) atoms. The third-order valence-electron chi connectivity index (χ3n) is 1.79. The smallest absolute Gasteiger partial charge is 0.171 e. The maximum Gasteiger partial charge on any atom is 0.171 e. The molecule has 0 radical (unpaired) electrons. The van der Waals surface area contributed by atoms with Gasteiger partial charge in [0, 0.05) is 20.6 Å². The van der Waals surface area contributed by atoms with Crippen LogP contribution in [0, 0.1) is 0 Å². The highest BCUT2D eigenvalue weighted by Crippen LogP contribution is 2.20. The van der Waals surface area contributed by atoms with E-state index in [9.17, 15) is 4.79 Å². The van der Waals surface area contributed by atoms with Gasteiger partial charge in [-0.05, 0) is 14.1 Å². The maximum absolute atomic E-state index is 11.3. The number of carbonyl (C=O) groups is 1. The van der Waals surface area contributed by atoms with Crippen LogP contribution in [-0.2, 0) is 17.9 Å². The highest BCUT2D eigenvalue weighted by Gasteiger charge is 2.14. The molecule has 1 rings (SSSR count).